The molecule has 6 nitrogen and oxygen atoms in total. The molecule has 0 aromatic carbocycles. The van der Waals surface area contributed by atoms with Gasteiger partial charge in [-0.2, -0.15) is 10.4 Å². The Kier molecular flexibility index (Phi) is 3.57. The summed E-state index contributed by atoms with van der Waals surface area (Å²) in [6.45, 7) is 4.96. The third kappa shape index (κ3) is 2.72. The van der Waals surface area contributed by atoms with Crippen LogP contribution in [0, 0.1) is 11.3 Å². The second kappa shape index (κ2) is 5.52. The summed E-state index contributed by atoms with van der Waals surface area (Å²) in [6.07, 6.45) is 3.56. The predicted molar refractivity (Wildman–Crippen MR) is 78.8 cm³/mol. The monoisotopic (exact) mass is 282 g/mol. The second-order valence-corrected chi connectivity index (χ2v) is 5.61. The lowest BCUT2D eigenvalue weighted by Gasteiger charge is -2.24. The lowest BCUT2D eigenvalue weighted by Crippen LogP contribution is -2.32. The van der Waals surface area contributed by atoms with Crippen LogP contribution in [0.3, 0.4) is 0 Å². The van der Waals surface area contributed by atoms with E-state index in [1.807, 2.05) is 4.68 Å². The van der Waals surface area contributed by atoms with Gasteiger partial charge in [0.2, 0.25) is 0 Å². The van der Waals surface area contributed by atoms with Gasteiger partial charge in [-0.3, -0.25) is 0 Å². The first-order valence-corrected chi connectivity index (χ1v) is 7.22. The number of hydrogen-bond donors (Lipinski definition) is 1. The predicted octanol–water partition coefficient (Wildman–Crippen LogP) is 2.10. The van der Waals surface area contributed by atoms with Crippen LogP contribution < -0.4 is 5.32 Å². The molecule has 1 aliphatic heterocycles. The topological polar surface area (TPSA) is 79.4 Å². The SMILES string of the molecule is CC(C)c1nc2n(n1)CC(Nc1ncccc1C#N)CC2. The molecule has 0 saturated carbocycles. The third-order valence-corrected chi connectivity index (χ3v) is 3.66. The van der Waals surface area contributed by atoms with Crippen LogP contribution in [-0.2, 0) is 13.0 Å². The molecule has 1 N–H and O–H groups in total. The number of nitrogens with one attached hydrogen (secondary N) is 1. The Hall–Kier alpha value is -2.42. The average Bonchev–Trinajstić information content (AvgIpc) is 2.91. The fourth-order valence-corrected chi connectivity index (χ4v) is 2.49. The molecular weight excluding hydrogens is 264 g/mol. The summed E-state index contributed by atoms with van der Waals surface area (Å²) in [4.78, 5) is 8.84. The molecule has 3 rings (SSSR count). The fraction of sp³-hybridized carbons (Fsp3) is 0.467. The zero-order chi connectivity index (χ0) is 14.8. The smallest absolute Gasteiger partial charge is 0.153 e. The van der Waals surface area contributed by atoms with E-state index in [1.54, 1.807) is 18.3 Å². The minimum Gasteiger partial charge on any atom is -0.364 e. The number of nitrogens with zero attached hydrogens (tertiary/aromatic N) is 5. The van der Waals surface area contributed by atoms with Crippen LogP contribution in [0.15, 0.2) is 18.3 Å². The number of fused-ring (bicyclic) bond motifs is 1. The summed E-state index contributed by atoms with van der Waals surface area (Å²) in [5, 5.41) is 17.0. The van der Waals surface area contributed by atoms with Gasteiger partial charge in [0.05, 0.1) is 12.1 Å². The molecule has 2 aromatic rings. The first kappa shape index (κ1) is 13.6. The molecule has 0 aliphatic carbocycles. The second-order valence-electron chi connectivity index (χ2n) is 5.61. The maximum absolute atomic E-state index is 9.11. The van der Waals surface area contributed by atoms with E-state index in [2.05, 4.69) is 40.3 Å². The minimum atomic E-state index is 0.223. The molecule has 0 bridgehead atoms. The molecule has 1 atom stereocenters. The molecule has 6 heteroatoms. The van der Waals surface area contributed by atoms with Crippen molar-refractivity contribution in [1.29, 1.82) is 5.26 Å². The standard InChI is InChI=1S/C15H18N6/c1-10(2)14-19-13-6-5-12(9-21(13)20-14)18-15-11(8-16)4-3-7-17-15/h3-4,7,10,12H,5-6,9H2,1-2H3,(H,17,18). The van der Waals surface area contributed by atoms with Crippen molar-refractivity contribution in [2.45, 2.75) is 45.2 Å². The lowest BCUT2D eigenvalue weighted by atomic mass is 10.1. The first-order valence-electron chi connectivity index (χ1n) is 7.22. The van der Waals surface area contributed by atoms with Crippen LogP contribution in [-0.4, -0.2) is 25.8 Å². The van der Waals surface area contributed by atoms with Crippen molar-refractivity contribution >= 4 is 5.82 Å². The van der Waals surface area contributed by atoms with Gasteiger partial charge in [0.1, 0.15) is 17.7 Å². The van der Waals surface area contributed by atoms with Crippen molar-refractivity contribution in [3.63, 3.8) is 0 Å². The van der Waals surface area contributed by atoms with Gasteiger partial charge in [-0.25, -0.2) is 14.6 Å². The number of hydrogen-bond acceptors (Lipinski definition) is 5. The highest BCUT2D eigenvalue weighted by molar-refractivity contribution is 5.51. The van der Waals surface area contributed by atoms with Gasteiger partial charge >= 0.3 is 0 Å². The zero-order valence-electron chi connectivity index (χ0n) is 12.2. The Labute approximate surface area is 123 Å². The molecule has 0 radical (unpaired) electrons. The minimum absolute atomic E-state index is 0.223. The molecule has 0 saturated heterocycles. The number of anilines is 1. The number of aromatic nitrogens is 4. The summed E-state index contributed by atoms with van der Waals surface area (Å²) in [5.74, 6) is 2.95. The number of nitriles is 1. The summed E-state index contributed by atoms with van der Waals surface area (Å²) in [7, 11) is 0. The van der Waals surface area contributed by atoms with Gasteiger partial charge in [0, 0.05) is 24.6 Å². The molecule has 108 valence electrons. The molecule has 21 heavy (non-hydrogen) atoms. The first-order chi connectivity index (χ1) is 10.2. The zero-order valence-corrected chi connectivity index (χ0v) is 12.2. The van der Waals surface area contributed by atoms with E-state index in [-0.39, 0.29) is 6.04 Å². The van der Waals surface area contributed by atoms with E-state index in [4.69, 9.17) is 5.26 Å². The number of rotatable bonds is 3. The summed E-state index contributed by atoms with van der Waals surface area (Å²) >= 11 is 0. The summed E-state index contributed by atoms with van der Waals surface area (Å²) in [5.41, 5.74) is 0.574. The fourth-order valence-electron chi connectivity index (χ4n) is 2.49. The summed E-state index contributed by atoms with van der Waals surface area (Å²) < 4.78 is 1.98. The van der Waals surface area contributed by atoms with Crippen LogP contribution in [0.25, 0.3) is 0 Å². The Morgan fingerprint density at radius 2 is 2.33 bits per heavy atom. The maximum Gasteiger partial charge on any atom is 0.153 e. The molecule has 2 aromatic heterocycles. The van der Waals surface area contributed by atoms with Gasteiger partial charge < -0.3 is 5.32 Å². The van der Waals surface area contributed by atoms with E-state index in [0.717, 1.165) is 31.0 Å². The quantitative estimate of drug-likeness (QED) is 0.932. The van der Waals surface area contributed by atoms with E-state index in [0.29, 0.717) is 17.3 Å². The van der Waals surface area contributed by atoms with Crippen LogP contribution in [0.2, 0.25) is 0 Å². The molecule has 3 heterocycles. The van der Waals surface area contributed by atoms with Crippen molar-refractivity contribution in [3.8, 4) is 6.07 Å². The Balaban J connectivity index is 1.76. The van der Waals surface area contributed by atoms with Gasteiger partial charge in [0.15, 0.2) is 5.82 Å². The highest BCUT2D eigenvalue weighted by Gasteiger charge is 2.23. The largest absolute Gasteiger partial charge is 0.364 e. The average molecular weight is 282 g/mol. The van der Waals surface area contributed by atoms with Crippen LogP contribution in [0.1, 0.15) is 43.4 Å². The third-order valence-electron chi connectivity index (χ3n) is 3.66. The molecular formula is C15H18N6. The van der Waals surface area contributed by atoms with Crippen LogP contribution in [0.5, 0.6) is 0 Å². The van der Waals surface area contributed by atoms with Crippen LogP contribution in [0.4, 0.5) is 5.82 Å². The number of aryl methyl sites for hydroxylation is 1. The maximum atomic E-state index is 9.11. The van der Waals surface area contributed by atoms with Gasteiger partial charge in [-0.15, -0.1) is 0 Å². The lowest BCUT2D eigenvalue weighted by molar-refractivity contribution is 0.439. The Morgan fingerprint density at radius 1 is 1.48 bits per heavy atom. The van der Waals surface area contributed by atoms with Crippen molar-refractivity contribution < 1.29 is 0 Å². The Morgan fingerprint density at radius 3 is 3.10 bits per heavy atom. The van der Waals surface area contributed by atoms with Crippen LogP contribution >= 0.6 is 0 Å². The van der Waals surface area contributed by atoms with E-state index < -0.39 is 0 Å². The molecule has 0 amide bonds. The van der Waals surface area contributed by atoms with Gasteiger partial charge in [-0.1, -0.05) is 13.8 Å². The normalized spacial score (nSPS) is 17.3. The van der Waals surface area contributed by atoms with Gasteiger partial charge in [-0.05, 0) is 18.6 Å². The molecule has 0 spiro atoms. The van der Waals surface area contributed by atoms with E-state index in [9.17, 15) is 0 Å². The molecule has 1 unspecified atom stereocenters. The highest BCUT2D eigenvalue weighted by Crippen LogP contribution is 2.20. The molecule has 1 aliphatic rings. The van der Waals surface area contributed by atoms with Crippen molar-refractivity contribution in [1.82, 2.24) is 19.7 Å². The van der Waals surface area contributed by atoms with E-state index in [1.165, 1.54) is 0 Å². The Bertz CT molecular complexity index is 682. The highest BCUT2D eigenvalue weighted by atomic mass is 15.4. The van der Waals surface area contributed by atoms with Gasteiger partial charge in [0.25, 0.3) is 0 Å². The number of pyridine rings is 1. The van der Waals surface area contributed by atoms with Crippen molar-refractivity contribution in [2.75, 3.05) is 5.32 Å². The molecule has 0 fully saturated rings. The summed E-state index contributed by atoms with van der Waals surface area (Å²) in [6, 6.07) is 5.93. The van der Waals surface area contributed by atoms with E-state index >= 15 is 0 Å². The van der Waals surface area contributed by atoms with Crippen molar-refractivity contribution in [2.24, 2.45) is 0 Å². The van der Waals surface area contributed by atoms with Crippen molar-refractivity contribution in [3.05, 3.63) is 35.5 Å².